The molecule has 1 aliphatic heterocycles. The first-order valence-electron chi connectivity index (χ1n) is 12.0. The van der Waals surface area contributed by atoms with E-state index in [1.165, 1.54) is 29.5 Å². The third kappa shape index (κ3) is 5.08. The van der Waals surface area contributed by atoms with Gasteiger partial charge in [-0.15, -0.1) is 0 Å². The van der Waals surface area contributed by atoms with E-state index in [0.29, 0.717) is 5.91 Å². The molecule has 5 nitrogen and oxygen atoms in total. The average Bonchev–Trinajstić information content (AvgIpc) is 3.20. The van der Waals surface area contributed by atoms with Gasteiger partial charge in [0.2, 0.25) is 5.91 Å². The van der Waals surface area contributed by atoms with Crippen LogP contribution in [0.5, 0.6) is 0 Å². The second-order valence-electron chi connectivity index (χ2n) is 9.18. The molecule has 1 aromatic carbocycles. The van der Waals surface area contributed by atoms with Crippen LogP contribution in [0.1, 0.15) is 67.2 Å². The molecular formula is C26H36N4O. The highest BCUT2D eigenvalue weighted by Gasteiger charge is 2.29. The summed E-state index contributed by atoms with van der Waals surface area (Å²) in [7, 11) is 0. The maximum absolute atomic E-state index is 13.0. The first-order chi connectivity index (χ1) is 15.0. The quantitative estimate of drug-likeness (QED) is 0.716. The fraction of sp³-hybridized carbons (Fsp3) is 0.577. The number of anilines is 1. The fourth-order valence-corrected chi connectivity index (χ4v) is 5.06. The summed E-state index contributed by atoms with van der Waals surface area (Å²) in [5, 5.41) is 0. The van der Waals surface area contributed by atoms with E-state index in [1.54, 1.807) is 0 Å². The minimum Gasteiger partial charge on any atom is -0.354 e. The van der Waals surface area contributed by atoms with Crippen molar-refractivity contribution in [1.29, 1.82) is 0 Å². The second kappa shape index (κ2) is 9.80. The topological polar surface area (TPSA) is 49.3 Å². The summed E-state index contributed by atoms with van der Waals surface area (Å²) in [4.78, 5) is 27.2. The Balaban J connectivity index is 1.57. The zero-order valence-electron chi connectivity index (χ0n) is 19.4. The summed E-state index contributed by atoms with van der Waals surface area (Å²) in [5.41, 5.74) is 4.96. The lowest BCUT2D eigenvalue weighted by Crippen LogP contribution is -2.38. The third-order valence-electron chi connectivity index (χ3n) is 6.83. The molecule has 0 spiro atoms. The van der Waals surface area contributed by atoms with E-state index >= 15 is 0 Å². The van der Waals surface area contributed by atoms with Gasteiger partial charge in [0, 0.05) is 49.8 Å². The predicted molar refractivity (Wildman–Crippen MR) is 126 cm³/mol. The average molecular weight is 421 g/mol. The minimum atomic E-state index is 0.261. The second-order valence-corrected chi connectivity index (χ2v) is 9.18. The number of amides is 1. The number of hydrogen-bond acceptors (Lipinski definition) is 4. The molecule has 0 atom stereocenters. The Labute approximate surface area is 186 Å². The summed E-state index contributed by atoms with van der Waals surface area (Å²) in [6, 6.07) is 8.77. The molecule has 1 saturated carbocycles. The Morgan fingerprint density at radius 1 is 0.968 bits per heavy atom. The van der Waals surface area contributed by atoms with Gasteiger partial charge in [-0.2, -0.15) is 0 Å². The Bertz CT molecular complexity index is 902. The maximum atomic E-state index is 13.0. The lowest BCUT2D eigenvalue weighted by molar-refractivity contribution is -0.135. The molecule has 1 aliphatic carbocycles. The summed E-state index contributed by atoms with van der Waals surface area (Å²) in [6.45, 7) is 9.74. The van der Waals surface area contributed by atoms with Crippen LogP contribution < -0.4 is 4.90 Å². The normalized spacial score (nSPS) is 17.8. The van der Waals surface area contributed by atoms with Crippen LogP contribution in [0.15, 0.2) is 24.3 Å². The van der Waals surface area contributed by atoms with Gasteiger partial charge < -0.3 is 9.80 Å². The summed E-state index contributed by atoms with van der Waals surface area (Å²) < 4.78 is 0. The van der Waals surface area contributed by atoms with E-state index in [1.807, 2.05) is 6.92 Å². The van der Waals surface area contributed by atoms with Crippen LogP contribution in [-0.4, -0.2) is 47.0 Å². The van der Waals surface area contributed by atoms with Crippen molar-refractivity contribution in [1.82, 2.24) is 14.9 Å². The minimum absolute atomic E-state index is 0.261. The van der Waals surface area contributed by atoms with E-state index in [0.717, 1.165) is 75.6 Å². The Morgan fingerprint density at radius 3 is 2.42 bits per heavy atom. The molecule has 166 valence electrons. The van der Waals surface area contributed by atoms with Crippen LogP contribution in [0, 0.1) is 19.8 Å². The largest absolute Gasteiger partial charge is 0.354 e. The molecule has 31 heavy (non-hydrogen) atoms. The summed E-state index contributed by atoms with van der Waals surface area (Å²) >= 11 is 0. The number of aromatic nitrogens is 2. The van der Waals surface area contributed by atoms with E-state index in [9.17, 15) is 4.79 Å². The Kier molecular flexibility index (Phi) is 6.89. The van der Waals surface area contributed by atoms with Gasteiger partial charge in [-0.3, -0.25) is 4.79 Å². The highest BCUT2D eigenvalue weighted by molar-refractivity contribution is 5.79. The molecule has 2 aliphatic rings. The van der Waals surface area contributed by atoms with Gasteiger partial charge in [-0.1, -0.05) is 49.6 Å². The zero-order valence-corrected chi connectivity index (χ0v) is 19.4. The number of carbonyl (C=O) groups is 1. The molecule has 0 bridgehead atoms. The van der Waals surface area contributed by atoms with E-state index in [4.69, 9.17) is 9.97 Å². The molecule has 1 aromatic heterocycles. The molecule has 0 N–H and O–H groups in total. The Morgan fingerprint density at radius 2 is 1.71 bits per heavy atom. The predicted octanol–water partition coefficient (Wildman–Crippen LogP) is 4.48. The van der Waals surface area contributed by atoms with Crippen molar-refractivity contribution in [2.75, 3.05) is 31.1 Å². The van der Waals surface area contributed by atoms with Crippen molar-refractivity contribution in [3.8, 4) is 0 Å². The third-order valence-corrected chi connectivity index (χ3v) is 6.83. The highest BCUT2D eigenvalue weighted by atomic mass is 16.2. The molecule has 0 unspecified atom stereocenters. The number of benzene rings is 1. The van der Waals surface area contributed by atoms with Crippen LogP contribution in [0.3, 0.4) is 0 Å². The highest BCUT2D eigenvalue weighted by Crippen LogP contribution is 2.29. The van der Waals surface area contributed by atoms with Crippen LogP contribution >= 0.6 is 0 Å². The Hall–Kier alpha value is -2.43. The SMILES string of the molecule is CCc1nc(C)nc(N2CCCN(C(=O)C3CCCC3)CC2)c1Cc1ccc(C)cc1. The number of aryl methyl sites for hydroxylation is 3. The van der Waals surface area contributed by atoms with Crippen molar-refractivity contribution in [3.63, 3.8) is 0 Å². The standard InChI is InChI=1S/C26H36N4O/c1-4-24-23(18-21-12-10-19(2)11-13-21)25(28-20(3)27-24)29-14-7-15-30(17-16-29)26(31)22-8-5-6-9-22/h10-13,22H,4-9,14-18H2,1-3H3. The first kappa shape index (κ1) is 21.8. The summed E-state index contributed by atoms with van der Waals surface area (Å²) in [5.74, 6) is 2.55. The van der Waals surface area contributed by atoms with Crippen molar-refractivity contribution in [2.45, 2.75) is 65.7 Å². The van der Waals surface area contributed by atoms with E-state index < -0.39 is 0 Å². The van der Waals surface area contributed by atoms with Crippen LogP contribution in [0.25, 0.3) is 0 Å². The van der Waals surface area contributed by atoms with Crippen molar-refractivity contribution >= 4 is 11.7 Å². The maximum Gasteiger partial charge on any atom is 0.225 e. The number of nitrogens with zero attached hydrogens (tertiary/aromatic N) is 4. The smallest absolute Gasteiger partial charge is 0.225 e. The molecule has 5 heteroatoms. The van der Waals surface area contributed by atoms with Gasteiger partial charge in [0.15, 0.2) is 0 Å². The fourth-order valence-electron chi connectivity index (χ4n) is 5.06. The molecule has 2 fully saturated rings. The van der Waals surface area contributed by atoms with Crippen molar-refractivity contribution in [3.05, 3.63) is 52.5 Å². The molecule has 1 saturated heterocycles. The monoisotopic (exact) mass is 420 g/mol. The van der Waals surface area contributed by atoms with Gasteiger partial charge in [-0.05, 0) is 45.1 Å². The van der Waals surface area contributed by atoms with Crippen LogP contribution in [-0.2, 0) is 17.6 Å². The van der Waals surface area contributed by atoms with Gasteiger partial charge in [0.25, 0.3) is 0 Å². The van der Waals surface area contributed by atoms with E-state index in [-0.39, 0.29) is 5.92 Å². The van der Waals surface area contributed by atoms with Crippen molar-refractivity contribution in [2.24, 2.45) is 5.92 Å². The van der Waals surface area contributed by atoms with Gasteiger partial charge in [0.1, 0.15) is 11.6 Å². The molecule has 1 amide bonds. The number of hydrogen-bond donors (Lipinski definition) is 0. The first-order valence-corrected chi connectivity index (χ1v) is 12.0. The van der Waals surface area contributed by atoms with Gasteiger partial charge in [0.05, 0.1) is 0 Å². The van der Waals surface area contributed by atoms with Crippen LogP contribution in [0.4, 0.5) is 5.82 Å². The molecule has 2 aromatic rings. The zero-order chi connectivity index (χ0) is 21.8. The summed E-state index contributed by atoms with van der Waals surface area (Å²) in [6.07, 6.45) is 7.30. The van der Waals surface area contributed by atoms with Gasteiger partial charge in [-0.25, -0.2) is 9.97 Å². The lowest BCUT2D eigenvalue weighted by atomic mass is 10.0. The molecule has 4 rings (SSSR count). The molecule has 2 heterocycles. The molecular weight excluding hydrogens is 384 g/mol. The van der Waals surface area contributed by atoms with E-state index in [2.05, 4.69) is 47.9 Å². The molecule has 0 radical (unpaired) electrons. The van der Waals surface area contributed by atoms with Crippen molar-refractivity contribution < 1.29 is 4.79 Å². The number of carbonyl (C=O) groups excluding carboxylic acids is 1. The lowest BCUT2D eigenvalue weighted by Gasteiger charge is -2.27. The number of rotatable bonds is 5. The van der Waals surface area contributed by atoms with Crippen LogP contribution in [0.2, 0.25) is 0 Å². The van der Waals surface area contributed by atoms with Gasteiger partial charge >= 0.3 is 0 Å².